The molecule has 0 amide bonds. The number of hydrogen-bond donors (Lipinski definition) is 0. The molecule has 0 atom stereocenters. The Kier molecular flexibility index (Phi) is 5.10. The molecule has 2 aromatic heterocycles. The number of pyridine rings is 1. The smallest absolute Gasteiger partial charge is 0.187 e. The van der Waals surface area contributed by atoms with Crippen molar-refractivity contribution in [2.24, 2.45) is 0 Å². The van der Waals surface area contributed by atoms with Gasteiger partial charge in [-0.1, -0.05) is 6.92 Å². The normalized spacial score (nSPS) is 10.8. The van der Waals surface area contributed by atoms with Crippen molar-refractivity contribution in [1.29, 1.82) is 0 Å². The highest BCUT2D eigenvalue weighted by Gasteiger charge is 2.18. The Morgan fingerprint density at radius 2 is 2.05 bits per heavy atom. The molecular formula is C14H15Br2N3O. The Balaban J connectivity index is 2.27. The second-order valence-electron chi connectivity index (χ2n) is 4.34. The number of halogens is 2. The van der Waals surface area contributed by atoms with Crippen LogP contribution in [0.3, 0.4) is 0 Å². The van der Waals surface area contributed by atoms with Gasteiger partial charge in [-0.05, 0) is 57.3 Å². The van der Waals surface area contributed by atoms with E-state index in [4.69, 9.17) is 0 Å². The molecule has 4 nitrogen and oxygen atoms in total. The summed E-state index contributed by atoms with van der Waals surface area (Å²) in [6.45, 7) is 4.81. The van der Waals surface area contributed by atoms with Crippen LogP contribution in [0.5, 0.6) is 0 Å². The summed E-state index contributed by atoms with van der Waals surface area (Å²) in [5.74, 6) is -0.00421. The zero-order valence-electron chi connectivity index (χ0n) is 11.4. The molecule has 0 spiro atoms. The van der Waals surface area contributed by atoms with Crippen molar-refractivity contribution in [2.45, 2.75) is 33.2 Å². The van der Waals surface area contributed by atoms with Crippen molar-refractivity contribution >= 4 is 37.6 Å². The summed E-state index contributed by atoms with van der Waals surface area (Å²) in [6, 6.07) is 3.55. The number of carbonyl (C=O) groups is 1. The molecule has 0 fully saturated rings. The van der Waals surface area contributed by atoms with E-state index in [1.165, 1.54) is 0 Å². The fourth-order valence-corrected chi connectivity index (χ4v) is 2.91. The summed E-state index contributed by atoms with van der Waals surface area (Å²) in [5.41, 5.74) is 2.37. The highest BCUT2D eigenvalue weighted by molar-refractivity contribution is 9.10. The fourth-order valence-electron chi connectivity index (χ4n) is 1.97. The van der Waals surface area contributed by atoms with Gasteiger partial charge in [-0.15, -0.1) is 0 Å². The summed E-state index contributed by atoms with van der Waals surface area (Å²) in [6.07, 6.45) is 2.78. The fraction of sp³-hybridized carbons (Fsp3) is 0.357. The van der Waals surface area contributed by atoms with Gasteiger partial charge in [0.1, 0.15) is 5.69 Å². The van der Waals surface area contributed by atoms with Gasteiger partial charge in [0.05, 0.1) is 22.3 Å². The first kappa shape index (κ1) is 15.4. The van der Waals surface area contributed by atoms with Crippen LogP contribution < -0.4 is 0 Å². The highest BCUT2D eigenvalue weighted by Crippen LogP contribution is 2.23. The van der Waals surface area contributed by atoms with Crippen LogP contribution in [0.15, 0.2) is 27.3 Å². The molecule has 0 aromatic carbocycles. The van der Waals surface area contributed by atoms with Crippen molar-refractivity contribution < 1.29 is 4.79 Å². The Morgan fingerprint density at radius 3 is 2.60 bits per heavy atom. The van der Waals surface area contributed by atoms with Crippen LogP contribution in [0.4, 0.5) is 0 Å². The lowest BCUT2D eigenvalue weighted by Crippen LogP contribution is -2.11. The van der Waals surface area contributed by atoms with E-state index in [1.807, 2.05) is 17.7 Å². The monoisotopic (exact) mass is 399 g/mol. The van der Waals surface area contributed by atoms with Gasteiger partial charge in [-0.3, -0.25) is 14.5 Å². The van der Waals surface area contributed by atoms with E-state index in [9.17, 15) is 4.79 Å². The summed E-state index contributed by atoms with van der Waals surface area (Å²) >= 11 is 6.87. The first-order valence-electron chi connectivity index (χ1n) is 6.45. The third-order valence-electron chi connectivity index (χ3n) is 3.04. The third-order valence-corrected chi connectivity index (χ3v) is 4.42. The van der Waals surface area contributed by atoms with E-state index >= 15 is 0 Å². The van der Waals surface area contributed by atoms with Gasteiger partial charge in [0.2, 0.25) is 0 Å². The molecular weight excluding hydrogens is 386 g/mol. The number of rotatable bonds is 5. The van der Waals surface area contributed by atoms with Gasteiger partial charge >= 0.3 is 0 Å². The lowest BCUT2D eigenvalue weighted by Gasteiger charge is -2.05. The maximum Gasteiger partial charge on any atom is 0.187 e. The lowest BCUT2D eigenvalue weighted by molar-refractivity contribution is 0.0985. The molecule has 106 valence electrons. The largest absolute Gasteiger partial charge is 0.292 e. The topological polar surface area (TPSA) is 47.8 Å². The minimum atomic E-state index is -0.00421. The number of Topliss-reactive ketones (excluding diaryl/α,β-unsaturated/α-hetero) is 1. The zero-order chi connectivity index (χ0) is 14.7. The molecule has 0 unspecified atom stereocenters. The predicted molar refractivity (Wildman–Crippen MR) is 85.0 cm³/mol. The summed E-state index contributed by atoms with van der Waals surface area (Å²) in [5, 5.41) is 4.50. The van der Waals surface area contributed by atoms with Crippen LogP contribution in [0.2, 0.25) is 0 Å². The Hall–Kier alpha value is -1.01. The molecule has 0 aliphatic carbocycles. The number of nitrogens with zero attached hydrogens (tertiary/aromatic N) is 3. The van der Waals surface area contributed by atoms with E-state index in [-0.39, 0.29) is 5.78 Å². The number of carbonyl (C=O) groups excluding carboxylic acids is 1. The zero-order valence-corrected chi connectivity index (χ0v) is 14.5. The van der Waals surface area contributed by atoms with E-state index < -0.39 is 0 Å². The molecule has 0 saturated heterocycles. The Morgan fingerprint density at radius 1 is 1.30 bits per heavy atom. The van der Waals surface area contributed by atoms with Gasteiger partial charge in [0, 0.05) is 17.2 Å². The molecule has 0 bridgehead atoms. The van der Waals surface area contributed by atoms with Crippen molar-refractivity contribution in [3.63, 3.8) is 0 Å². The molecule has 0 N–H and O–H groups in total. The maximum absolute atomic E-state index is 12.3. The van der Waals surface area contributed by atoms with Gasteiger partial charge < -0.3 is 0 Å². The maximum atomic E-state index is 12.3. The molecule has 0 aliphatic rings. The van der Waals surface area contributed by atoms with E-state index in [0.29, 0.717) is 12.1 Å². The molecule has 2 rings (SSSR count). The molecule has 0 radical (unpaired) electrons. The second-order valence-corrected chi connectivity index (χ2v) is 6.05. The molecule has 20 heavy (non-hydrogen) atoms. The van der Waals surface area contributed by atoms with Gasteiger partial charge in [-0.2, -0.15) is 5.10 Å². The number of ketones is 1. The standard InChI is InChI=1S/C14H15Br2N3O/c1-3-10-14(16)12(19(4-2)18-10)7-13(20)11-6-5-9(15)8-17-11/h5-6,8H,3-4,7H2,1-2H3. The predicted octanol–water partition coefficient (Wildman–Crippen LogP) is 3.81. The number of aryl methyl sites for hydroxylation is 2. The van der Waals surface area contributed by atoms with Crippen molar-refractivity contribution in [2.75, 3.05) is 0 Å². The van der Waals surface area contributed by atoms with Crippen molar-refractivity contribution in [1.82, 2.24) is 14.8 Å². The van der Waals surface area contributed by atoms with Gasteiger partial charge in [0.25, 0.3) is 0 Å². The minimum Gasteiger partial charge on any atom is -0.292 e. The quantitative estimate of drug-likeness (QED) is 0.717. The van der Waals surface area contributed by atoms with Crippen molar-refractivity contribution in [3.8, 4) is 0 Å². The van der Waals surface area contributed by atoms with Gasteiger partial charge in [0.15, 0.2) is 5.78 Å². The molecule has 0 aliphatic heterocycles. The molecule has 2 aromatic rings. The Labute approximate surface area is 134 Å². The highest BCUT2D eigenvalue weighted by atomic mass is 79.9. The van der Waals surface area contributed by atoms with Crippen LogP contribution >= 0.6 is 31.9 Å². The lowest BCUT2D eigenvalue weighted by atomic mass is 10.1. The average molecular weight is 401 g/mol. The molecule has 6 heteroatoms. The van der Waals surface area contributed by atoms with E-state index in [0.717, 1.165) is 33.3 Å². The minimum absolute atomic E-state index is 0.00421. The Bertz CT molecular complexity index is 620. The SMILES string of the molecule is CCc1nn(CC)c(CC(=O)c2ccc(Br)cn2)c1Br. The molecule has 0 saturated carbocycles. The first-order valence-corrected chi connectivity index (χ1v) is 8.04. The summed E-state index contributed by atoms with van der Waals surface area (Å²) in [7, 11) is 0. The van der Waals surface area contributed by atoms with Gasteiger partial charge in [-0.25, -0.2) is 0 Å². The summed E-state index contributed by atoms with van der Waals surface area (Å²) < 4.78 is 3.68. The van der Waals surface area contributed by atoms with Crippen LogP contribution in [0.1, 0.15) is 35.7 Å². The van der Waals surface area contributed by atoms with Crippen LogP contribution in [0.25, 0.3) is 0 Å². The average Bonchev–Trinajstić information content (AvgIpc) is 2.76. The van der Waals surface area contributed by atoms with Crippen LogP contribution in [-0.4, -0.2) is 20.5 Å². The number of hydrogen-bond acceptors (Lipinski definition) is 3. The van der Waals surface area contributed by atoms with E-state index in [2.05, 4.69) is 48.9 Å². The van der Waals surface area contributed by atoms with Crippen LogP contribution in [0, 0.1) is 0 Å². The third kappa shape index (κ3) is 3.17. The summed E-state index contributed by atoms with van der Waals surface area (Å²) in [4.78, 5) is 16.4. The van der Waals surface area contributed by atoms with E-state index in [1.54, 1.807) is 12.3 Å². The molecule has 2 heterocycles. The van der Waals surface area contributed by atoms with Crippen LogP contribution in [-0.2, 0) is 19.4 Å². The first-order chi connectivity index (χ1) is 9.56. The van der Waals surface area contributed by atoms with Crippen molar-refractivity contribution in [3.05, 3.63) is 44.4 Å². The number of aromatic nitrogens is 3. The second kappa shape index (κ2) is 6.63.